The van der Waals surface area contributed by atoms with Crippen LogP contribution in [0.25, 0.3) is 5.70 Å². The van der Waals surface area contributed by atoms with Crippen LogP contribution in [0.5, 0.6) is 0 Å². The predicted molar refractivity (Wildman–Crippen MR) is 131 cm³/mol. The van der Waals surface area contributed by atoms with E-state index in [4.69, 9.17) is 16.7 Å². The summed E-state index contributed by atoms with van der Waals surface area (Å²) in [6.07, 6.45) is 4.86. The number of carboxylic acids is 1. The second-order valence-corrected chi connectivity index (χ2v) is 8.90. The van der Waals surface area contributed by atoms with E-state index >= 15 is 0 Å². The molecule has 8 heteroatoms. The maximum atomic E-state index is 13.0. The molecule has 0 saturated carbocycles. The van der Waals surface area contributed by atoms with Gasteiger partial charge in [0.1, 0.15) is 12.4 Å². The van der Waals surface area contributed by atoms with Gasteiger partial charge in [0.05, 0.1) is 5.70 Å². The molecule has 1 aliphatic heterocycles. The topological polar surface area (TPSA) is 90.3 Å². The van der Waals surface area contributed by atoms with Crippen LogP contribution in [0.3, 0.4) is 0 Å². The van der Waals surface area contributed by atoms with E-state index in [1.165, 1.54) is 11.8 Å². The zero-order valence-corrected chi connectivity index (χ0v) is 20.3. The number of hydrogen-bond donors (Lipinski definition) is 1. The third-order valence-corrected chi connectivity index (χ3v) is 6.11. The number of nitrogens with zero attached hydrogens (tertiary/aromatic N) is 3. The van der Waals surface area contributed by atoms with E-state index in [0.717, 1.165) is 24.8 Å². The van der Waals surface area contributed by atoms with E-state index in [0.29, 0.717) is 48.9 Å². The summed E-state index contributed by atoms with van der Waals surface area (Å²) >= 11 is 5.97. The smallest absolute Gasteiger partial charge is 0.303 e. The number of rotatable bonds is 10. The molecule has 1 aromatic rings. The fourth-order valence-electron chi connectivity index (χ4n) is 3.90. The molecule has 0 radical (unpaired) electrons. The summed E-state index contributed by atoms with van der Waals surface area (Å²) in [7, 11) is 0. The number of aliphatic carboxylic acids is 1. The average Bonchev–Trinajstić information content (AvgIpc) is 2.77. The monoisotopic (exact) mass is 475 g/mol. The van der Waals surface area contributed by atoms with E-state index < -0.39 is 5.97 Å². The molecule has 1 aliphatic rings. The highest BCUT2D eigenvalue weighted by atomic mass is 35.5. The molecule has 2 rings (SSSR count). The Kier molecular flexibility index (Phi) is 10.6. The van der Waals surface area contributed by atoms with Crippen molar-refractivity contribution in [3.8, 4) is 0 Å². The summed E-state index contributed by atoms with van der Waals surface area (Å²) in [5.41, 5.74) is 1.30. The van der Waals surface area contributed by atoms with Gasteiger partial charge in [0.2, 0.25) is 11.8 Å². The fraction of sp³-hybridized carbons (Fsp3) is 0.520. The van der Waals surface area contributed by atoms with E-state index in [1.807, 2.05) is 12.1 Å². The lowest BCUT2D eigenvalue weighted by Crippen LogP contribution is -2.47. The molecule has 1 heterocycles. The molecule has 2 amide bonds. The number of carbonyl (C=O) groups excluding carboxylic acids is 2. The van der Waals surface area contributed by atoms with Crippen LogP contribution < -0.4 is 0 Å². The number of amides is 2. The fourth-order valence-corrected chi connectivity index (χ4v) is 4.03. The van der Waals surface area contributed by atoms with Gasteiger partial charge in [-0.25, -0.2) is 4.99 Å². The second-order valence-electron chi connectivity index (χ2n) is 8.47. The lowest BCUT2D eigenvalue weighted by molar-refractivity contribution is -0.140. The molecule has 1 saturated heterocycles. The Morgan fingerprint density at radius 2 is 1.82 bits per heavy atom. The maximum absolute atomic E-state index is 13.0. The Labute approximate surface area is 201 Å². The first kappa shape index (κ1) is 26.6. The first-order valence-electron chi connectivity index (χ1n) is 11.5. The average molecular weight is 476 g/mol. The lowest BCUT2D eigenvalue weighted by atomic mass is 9.93. The molecule has 0 unspecified atom stereocenters. The summed E-state index contributed by atoms with van der Waals surface area (Å²) in [6, 6.07) is 7.16. The quantitative estimate of drug-likeness (QED) is 0.297. The third kappa shape index (κ3) is 8.65. The summed E-state index contributed by atoms with van der Waals surface area (Å²) in [5.74, 6) is -0.590. The van der Waals surface area contributed by atoms with Crippen molar-refractivity contribution in [1.29, 1.82) is 0 Å². The predicted octanol–water partition coefficient (Wildman–Crippen LogP) is 4.85. The first-order chi connectivity index (χ1) is 15.7. The Morgan fingerprint density at radius 3 is 2.36 bits per heavy atom. The lowest BCUT2D eigenvalue weighted by Gasteiger charge is -2.33. The number of halogens is 1. The zero-order valence-electron chi connectivity index (χ0n) is 19.6. The number of benzene rings is 1. The van der Waals surface area contributed by atoms with Gasteiger partial charge in [0.15, 0.2) is 0 Å². The molecular weight excluding hydrogens is 442 g/mol. The van der Waals surface area contributed by atoms with Crippen LogP contribution in [0.4, 0.5) is 0 Å². The Hall–Kier alpha value is -2.67. The molecule has 7 nitrogen and oxygen atoms in total. The van der Waals surface area contributed by atoms with Gasteiger partial charge >= 0.3 is 5.97 Å². The van der Waals surface area contributed by atoms with Gasteiger partial charge in [-0.15, -0.1) is 0 Å². The van der Waals surface area contributed by atoms with Crippen LogP contribution >= 0.6 is 11.6 Å². The largest absolute Gasteiger partial charge is 0.481 e. The van der Waals surface area contributed by atoms with Crippen LogP contribution in [0, 0.1) is 5.92 Å². The molecule has 1 aromatic carbocycles. The summed E-state index contributed by atoms with van der Waals surface area (Å²) in [6.45, 7) is 8.51. The van der Waals surface area contributed by atoms with E-state index in [1.54, 1.807) is 17.0 Å². The maximum Gasteiger partial charge on any atom is 0.303 e. The van der Waals surface area contributed by atoms with Crippen molar-refractivity contribution in [2.24, 2.45) is 10.9 Å². The standard InChI is InChI=1S/C25H34ClN3O4/c1-4-5-6-7-23(27-18(2)21-8-10-22(26)11-9-21)29(19(3)30)17-24(31)28-14-12-20(13-15-28)16-25(32)33/h8-11,20H,2,4-7,12-17H2,1,3H3,(H,32,33). The van der Waals surface area contributed by atoms with Crippen molar-refractivity contribution in [3.05, 3.63) is 41.4 Å². The Bertz CT molecular complexity index is 874. The molecule has 0 aromatic heterocycles. The molecule has 1 N–H and O–H groups in total. The van der Waals surface area contributed by atoms with Gasteiger partial charge in [-0.2, -0.15) is 0 Å². The van der Waals surface area contributed by atoms with Crippen LogP contribution in [0.2, 0.25) is 5.02 Å². The number of piperidine rings is 1. The van der Waals surface area contributed by atoms with Crippen LogP contribution in [-0.4, -0.2) is 58.2 Å². The van der Waals surface area contributed by atoms with Crippen molar-refractivity contribution >= 4 is 40.9 Å². The number of amidine groups is 1. The van der Waals surface area contributed by atoms with E-state index in [2.05, 4.69) is 18.5 Å². The number of carboxylic acid groups (broad SMARTS) is 1. The molecule has 33 heavy (non-hydrogen) atoms. The summed E-state index contributed by atoms with van der Waals surface area (Å²) in [4.78, 5) is 44.3. The van der Waals surface area contributed by atoms with Gasteiger partial charge in [-0.1, -0.05) is 50.1 Å². The molecular formula is C25H34ClN3O4. The summed E-state index contributed by atoms with van der Waals surface area (Å²) in [5, 5.41) is 9.60. The van der Waals surface area contributed by atoms with Crippen molar-refractivity contribution in [1.82, 2.24) is 9.80 Å². The molecule has 180 valence electrons. The van der Waals surface area contributed by atoms with Crippen molar-refractivity contribution < 1.29 is 19.5 Å². The normalized spacial score (nSPS) is 14.8. The highest BCUT2D eigenvalue weighted by Gasteiger charge is 2.27. The highest BCUT2D eigenvalue weighted by Crippen LogP contribution is 2.22. The Morgan fingerprint density at radius 1 is 1.18 bits per heavy atom. The zero-order chi connectivity index (χ0) is 24.4. The number of carbonyl (C=O) groups is 3. The van der Waals surface area contributed by atoms with Crippen LogP contribution in [0.15, 0.2) is 35.8 Å². The first-order valence-corrected chi connectivity index (χ1v) is 11.9. The number of hydrogen-bond acceptors (Lipinski definition) is 4. The van der Waals surface area contributed by atoms with Gasteiger partial charge in [-0.05, 0) is 42.9 Å². The molecule has 0 spiro atoms. The van der Waals surface area contributed by atoms with Crippen LogP contribution in [0.1, 0.15) is 64.4 Å². The highest BCUT2D eigenvalue weighted by molar-refractivity contribution is 6.30. The van der Waals surface area contributed by atoms with Gasteiger partial charge in [0, 0.05) is 37.9 Å². The minimum atomic E-state index is -0.809. The molecule has 0 atom stereocenters. The SMILES string of the molecule is C=C(N=C(CCCCC)N(CC(=O)N1CCC(CC(=O)O)CC1)C(C)=O)c1ccc(Cl)cc1. The molecule has 1 fully saturated rings. The minimum absolute atomic E-state index is 0.0855. The number of unbranched alkanes of at least 4 members (excludes halogenated alkanes) is 2. The van der Waals surface area contributed by atoms with E-state index in [9.17, 15) is 14.4 Å². The van der Waals surface area contributed by atoms with Crippen molar-refractivity contribution in [3.63, 3.8) is 0 Å². The summed E-state index contributed by atoms with van der Waals surface area (Å²) < 4.78 is 0. The van der Waals surface area contributed by atoms with Gasteiger partial charge in [-0.3, -0.25) is 19.3 Å². The van der Waals surface area contributed by atoms with Crippen molar-refractivity contribution in [2.45, 2.75) is 58.8 Å². The Balaban J connectivity index is 2.15. The van der Waals surface area contributed by atoms with Gasteiger partial charge < -0.3 is 10.0 Å². The number of likely N-dealkylation sites (tertiary alicyclic amines) is 1. The number of aliphatic imine (C=N–C) groups is 1. The third-order valence-electron chi connectivity index (χ3n) is 5.86. The van der Waals surface area contributed by atoms with Crippen LogP contribution in [-0.2, 0) is 14.4 Å². The van der Waals surface area contributed by atoms with Gasteiger partial charge in [0.25, 0.3) is 0 Å². The van der Waals surface area contributed by atoms with E-state index in [-0.39, 0.29) is 30.7 Å². The molecule has 0 bridgehead atoms. The minimum Gasteiger partial charge on any atom is -0.481 e. The second kappa shape index (κ2) is 13.1. The molecule has 0 aliphatic carbocycles. The van der Waals surface area contributed by atoms with Crippen molar-refractivity contribution in [2.75, 3.05) is 19.6 Å².